The topological polar surface area (TPSA) is 145 Å². The largest absolute Gasteiger partial charge is 0.450 e. The van der Waals surface area contributed by atoms with Gasteiger partial charge in [0.15, 0.2) is 4.34 Å². The van der Waals surface area contributed by atoms with Gasteiger partial charge >= 0.3 is 6.09 Å². The molecule has 1 aromatic heterocycles. The highest BCUT2D eigenvalue weighted by atomic mass is 32.2. The summed E-state index contributed by atoms with van der Waals surface area (Å²) in [6.07, 6.45) is -0.0701. The number of carbonyl (C=O) groups is 2. The van der Waals surface area contributed by atoms with Gasteiger partial charge in [-0.05, 0) is 44.0 Å². The van der Waals surface area contributed by atoms with Crippen molar-refractivity contribution in [3.63, 3.8) is 0 Å². The first-order valence-corrected chi connectivity index (χ1v) is 11.9. The first kappa shape index (κ1) is 21.5. The Morgan fingerprint density at radius 2 is 2.17 bits per heavy atom. The summed E-state index contributed by atoms with van der Waals surface area (Å²) in [6, 6.07) is 4.41. The van der Waals surface area contributed by atoms with Gasteiger partial charge in [-0.1, -0.05) is 23.1 Å². The molecule has 3 rings (SSSR count). The number of benzene rings is 1. The molecule has 1 aliphatic rings. The van der Waals surface area contributed by atoms with Crippen LogP contribution in [-0.4, -0.2) is 49.0 Å². The number of nitrogens with two attached hydrogens (primary N) is 1. The number of anilines is 2. The van der Waals surface area contributed by atoms with Crippen LogP contribution in [0, 0.1) is 0 Å². The number of aromatic nitrogens is 2. The predicted molar refractivity (Wildman–Crippen MR) is 110 cm³/mol. The third-order valence-electron chi connectivity index (χ3n) is 4.07. The number of amides is 2. The molecule has 0 spiro atoms. The first-order valence-electron chi connectivity index (χ1n) is 8.57. The van der Waals surface area contributed by atoms with E-state index in [9.17, 15) is 18.0 Å². The van der Waals surface area contributed by atoms with Gasteiger partial charge in [0, 0.05) is 11.7 Å². The number of carbonyl (C=O) groups excluding carboxylic acids is 2. The van der Waals surface area contributed by atoms with Crippen molar-refractivity contribution < 1.29 is 22.7 Å². The summed E-state index contributed by atoms with van der Waals surface area (Å²) < 4.78 is 28.4. The summed E-state index contributed by atoms with van der Waals surface area (Å²) >= 11 is 2.35. The van der Waals surface area contributed by atoms with Crippen molar-refractivity contribution in [3.05, 3.63) is 23.8 Å². The molecule has 29 heavy (non-hydrogen) atoms. The van der Waals surface area contributed by atoms with E-state index in [1.165, 1.54) is 23.9 Å². The molecule has 1 aliphatic heterocycles. The molecule has 0 aliphatic carbocycles. The second kappa shape index (κ2) is 8.65. The van der Waals surface area contributed by atoms with Gasteiger partial charge in [0.05, 0.1) is 17.3 Å². The van der Waals surface area contributed by atoms with Crippen LogP contribution in [0.25, 0.3) is 0 Å². The number of hydrogen-bond donors (Lipinski definition) is 2. The standard InChI is InChI=1S/C16H19N5O5S3/c1-3-26-15(23)18-14-19-20-16(28-14)27-8-13(22)21-9(2)6-10-7-11(29(17,24)25)4-5-12(10)21/h4-5,7,9H,3,6,8H2,1-2H3,(H2,17,24,25)(H,18,19,23). The van der Waals surface area contributed by atoms with E-state index in [0.717, 1.165) is 16.9 Å². The quantitative estimate of drug-likeness (QED) is 0.494. The summed E-state index contributed by atoms with van der Waals surface area (Å²) in [5, 5.41) is 15.7. The zero-order valence-corrected chi connectivity index (χ0v) is 18.1. The monoisotopic (exact) mass is 457 g/mol. The van der Waals surface area contributed by atoms with Gasteiger partial charge < -0.3 is 9.64 Å². The molecule has 10 nitrogen and oxygen atoms in total. The smallest absolute Gasteiger partial charge is 0.413 e. The zero-order valence-electron chi connectivity index (χ0n) is 15.6. The normalized spacial score (nSPS) is 15.8. The number of nitrogens with one attached hydrogen (secondary N) is 1. The van der Waals surface area contributed by atoms with Crippen LogP contribution in [0.4, 0.5) is 15.6 Å². The Hall–Kier alpha value is -2.22. The number of ether oxygens (including phenoxy) is 1. The number of primary sulfonamides is 1. The lowest BCUT2D eigenvalue weighted by atomic mass is 10.1. The molecular weight excluding hydrogens is 438 g/mol. The van der Waals surface area contributed by atoms with Crippen LogP contribution in [0.1, 0.15) is 19.4 Å². The number of nitrogens with zero attached hydrogens (tertiary/aromatic N) is 3. The van der Waals surface area contributed by atoms with Gasteiger partial charge in [0.25, 0.3) is 0 Å². The number of fused-ring (bicyclic) bond motifs is 1. The Labute approximate surface area is 175 Å². The lowest BCUT2D eigenvalue weighted by molar-refractivity contribution is -0.116. The highest BCUT2D eigenvalue weighted by Crippen LogP contribution is 2.35. The van der Waals surface area contributed by atoms with Crippen molar-refractivity contribution in [3.8, 4) is 0 Å². The second-order valence-electron chi connectivity index (χ2n) is 6.16. The Morgan fingerprint density at radius 3 is 2.86 bits per heavy atom. The fourth-order valence-electron chi connectivity index (χ4n) is 2.93. The van der Waals surface area contributed by atoms with Gasteiger partial charge in [-0.3, -0.25) is 10.1 Å². The van der Waals surface area contributed by atoms with Crippen LogP contribution in [0.2, 0.25) is 0 Å². The highest BCUT2D eigenvalue weighted by molar-refractivity contribution is 8.01. The van der Waals surface area contributed by atoms with Crippen molar-refractivity contribution in [1.29, 1.82) is 0 Å². The summed E-state index contributed by atoms with van der Waals surface area (Å²) in [6.45, 7) is 3.83. The molecule has 0 fully saturated rings. The fourth-order valence-corrected chi connectivity index (χ4v) is 5.09. The van der Waals surface area contributed by atoms with Crippen LogP contribution in [0.15, 0.2) is 27.4 Å². The van der Waals surface area contributed by atoms with Gasteiger partial charge in [0.1, 0.15) is 0 Å². The molecule has 0 radical (unpaired) electrons. The summed E-state index contributed by atoms with van der Waals surface area (Å²) in [5.41, 5.74) is 1.44. The van der Waals surface area contributed by atoms with Crippen LogP contribution in [0.5, 0.6) is 0 Å². The van der Waals surface area contributed by atoms with Crippen molar-refractivity contribution >= 4 is 55.9 Å². The minimum atomic E-state index is -3.80. The van der Waals surface area contributed by atoms with Gasteiger partial charge in [-0.2, -0.15) is 0 Å². The molecule has 3 N–H and O–H groups in total. The summed E-state index contributed by atoms with van der Waals surface area (Å²) in [5.74, 6) is -0.0194. The fraction of sp³-hybridized carbons (Fsp3) is 0.375. The Balaban J connectivity index is 1.65. The van der Waals surface area contributed by atoms with E-state index in [1.807, 2.05) is 6.92 Å². The van der Waals surface area contributed by atoms with E-state index in [1.54, 1.807) is 17.9 Å². The van der Waals surface area contributed by atoms with Gasteiger partial charge in [0.2, 0.25) is 21.1 Å². The Bertz CT molecular complexity index is 1040. The molecular formula is C16H19N5O5S3. The molecule has 0 saturated heterocycles. The highest BCUT2D eigenvalue weighted by Gasteiger charge is 2.31. The van der Waals surface area contributed by atoms with Crippen molar-refractivity contribution in [2.45, 2.75) is 35.5 Å². The van der Waals surface area contributed by atoms with Crippen LogP contribution in [-0.2, 0) is 26.0 Å². The maximum Gasteiger partial charge on any atom is 0.413 e. The van der Waals surface area contributed by atoms with Crippen LogP contribution >= 0.6 is 23.1 Å². The van der Waals surface area contributed by atoms with E-state index >= 15 is 0 Å². The average molecular weight is 458 g/mol. The lowest BCUT2D eigenvalue weighted by Gasteiger charge is -2.22. The van der Waals surface area contributed by atoms with E-state index in [4.69, 9.17) is 9.88 Å². The van der Waals surface area contributed by atoms with Crippen LogP contribution in [0.3, 0.4) is 0 Å². The predicted octanol–water partition coefficient (Wildman–Crippen LogP) is 1.82. The Kier molecular flexibility index (Phi) is 6.41. The summed E-state index contributed by atoms with van der Waals surface area (Å²) in [4.78, 5) is 25.8. The van der Waals surface area contributed by atoms with Crippen molar-refractivity contribution in [2.75, 3.05) is 22.6 Å². The van der Waals surface area contributed by atoms with E-state index in [0.29, 0.717) is 16.4 Å². The molecule has 13 heteroatoms. The SMILES string of the molecule is CCOC(=O)Nc1nnc(SCC(=O)N2c3ccc(S(N)(=O)=O)cc3CC2C)s1. The third-order valence-corrected chi connectivity index (χ3v) is 6.94. The van der Waals surface area contributed by atoms with E-state index in [-0.39, 0.29) is 34.3 Å². The number of thioether (sulfide) groups is 1. The van der Waals surface area contributed by atoms with Crippen molar-refractivity contribution in [2.24, 2.45) is 5.14 Å². The van der Waals surface area contributed by atoms with Gasteiger partial charge in [-0.25, -0.2) is 18.4 Å². The maximum absolute atomic E-state index is 12.8. The average Bonchev–Trinajstić information content (AvgIpc) is 3.21. The molecule has 0 saturated carbocycles. The molecule has 2 aromatic rings. The minimum Gasteiger partial charge on any atom is -0.450 e. The summed E-state index contributed by atoms with van der Waals surface area (Å²) in [7, 11) is -3.80. The molecule has 0 bridgehead atoms. The lowest BCUT2D eigenvalue weighted by Crippen LogP contribution is -2.36. The maximum atomic E-state index is 12.8. The zero-order chi connectivity index (χ0) is 21.2. The second-order valence-corrected chi connectivity index (χ2v) is 9.92. The van der Waals surface area contributed by atoms with E-state index < -0.39 is 16.1 Å². The molecule has 156 valence electrons. The number of hydrogen-bond acceptors (Lipinski definition) is 9. The Morgan fingerprint density at radius 1 is 1.41 bits per heavy atom. The molecule has 1 aromatic carbocycles. The number of rotatable bonds is 6. The number of sulfonamides is 1. The molecule has 2 amide bonds. The van der Waals surface area contributed by atoms with Crippen molar-refractivity contribution in [1.82, 2.24) is 10.2 Å². The first-order chi connectivity index (χ1) is 13.7. The molecule has 1 atom stereocenters. The molecule has 1 unspecified atom stereocenters. The van der Waals surface area contributed by atoms with Gasteiger partial charge in [-0.15, -0.1) is 10.2 Å². The van der Waals surface area contributed by atoms with E-state index in [2.05, 4.69) is 15.5 Å². The molecule has 2 heterocycles. The minimum absolute atomic E-state index is 0.0302. The third kappa shape index (κ3) is 5.04. The van der Waals surface area contributed by atoms with Crippen LogP contribution < -0.4 is 15.4 Å².